The van der Waals surface area contributed by atoms with E-state index < -0.39 is 0 Å². The molecule has 118 valence electrons. The molecule has 1 saturated heterocycles. The summed E-state index contributed by atoms with van der Waals surface area (Å²) in [7, 11) is 0. The molecular formula is C17H23N3S2. The van der Waals surface area contributed by atoms with Crippen LogP contribution in [0.2, 0.25) is 0 Å². The van der Waals surface area contributed by atoms with Crippen LogP contribution in [0.25, 0.3) is 0 Å². The van der Waals surface area contributed by atoms with E-state index in [0.717, 1.165) is 48.9 Å². The summed E-state index contributed by atoms with van der Waals surface area (Å²) in [6.07, 6.45) is 1.72. The third kappa shape index (κ3) is 3.81. The Morgan fingerprint density at radius 1 is 1.27 bits per heavy atom. The van der Waals surface area contributed by atoms with Crippen molar-refractivity contribution < 1.29 is 0 Å². The molecule has 0 saturated carbocycles. The lowest BCUT2D eigenvalue weighted by atomic mass is 9.74. The molecule has 0 aliphatic carbocycles. The van der Waals surface area contributed by atoms with Crippen molar-refractivity contribution in [3.63, 3.8) is 0 Å². The number of benzene rings is 1. The van der Waals surface area contributed by atoms with Crippen molar-refractivity contribution in [2.24, 2.45) is 0 Å². The Morgan fingerprint density at radius 3 is 2.36 bits per heavy atom. The van der Waals surface area contributed by atoms with Crippen LogP contribution in [0.3, 0.4) is 0 Å². The fraction of sp³-hybridized carbons (Fsp3) is 0.529. The van der Waals surface area contributed by atoms with Crippen LogP contribution in [-0.4, -0.2) is 39.7 Å². The molecule has 0 spiro atoms. The minimum absolute atomic E-state index is 0.338. The van der Waals surface area contributed by atoms with Crippen LogP contribution in [0.15, 0.2) is 30.3 Å². The first-order valence-corrected chi connectivity index (χ1v) is 9.02. The minimum Gasteiger partial charge on any atom is -0.357 e. The lowest BCUT2D eigenvalue weighted by Crippen LogP contribution is -2.40. The van der Waals surface area contributed by atoms with Gasteiger partial charge in [0.2, 0.25) is 0 Å². The predicted molar refractivity (Wildman–Crippen MR) is 97.7 cm³/mol. The van der Waals surface area contributed by atoms with E-state index in [-0.39, 0.29) is 5.41 Å². The highest BCUT2D eigenvalue weighted by Gasteiger charge is 2.36. The molecule has 2 rings (SSSR count). The van der Waals surface area contributed by atoms with Gasteiger partial charge >= 0.3 is 0 Å². The van der Waals surface area contributed by atoms with Crippen molar-refractivity contribution in [3.05, 3.63) is 35.9 Å². The van der Waals surface area contributed by atoms with Gasteiger partial charge in [-0.3, -0.25) is 0 Å². The van der Waals surface area contributed by atoms with Gasteiger partial charge in [-0.05, 0) is 44.2 Å². The lowest BCUT2D eigenvalue weighted by molar-refractivity contribution is 0.296. The summed E-state index contributed by atoms with van der Waals surface area (Å²) >= 11 is 7.18. The third-order valence-corrected chi connectivity index (χ3v) is 5.86. The number of hydrogen-bond donors (Lipinski definition) is 0. The van der Waals surface area contributed by atoms with Crippen LogP contribution in [0.1, 0.15) is 32.3 Å². The Kier molecular flexibility index (Phi) is 6.25. The number of piperidine rings is 1. The van der Waals surface area contributed by atoms with Gasteiger partial charge in [-0.15, -0.1) is 0 Å². The van der Waals surface area contributed by atoms with Gasteiger partial charge in [-0.25, -0.2) is 4.31 Å². The standard InChI is InChI=1S/C17H23N3S2/c1-3-19(4-2)16(21)22-20-12-10-17(14-18,11-13-20)15-8-6-5-7-9-15/h5-9H,3-4,10-13H2,1-2H3. The van der Waals surface area contributed by atoms with Crippen LogP contribution < -0.4 is 0 Å². The second-order valence-electron chi connectivity index (χ2n) is 5.52. The summed E-state index contributed by atoms with van der Waals surface area (Å²) in [6.45, 7) is 7.94. The van der Waals surface area contributed by atoms with E-state index in [1.54, 1.807) is 11.9 Å². The molecule has 1 aromatic rings. The quantitative estimate of drug-likeness (QED) is 0.617. The zero-order valence-electron chi connectivity index (χ0n) is 13.3. The maximum Gasteiger partial charge on any atom is 0.151 e. The van der Waals surface area contributed by atoms with Crippen LogP contribution in [0.5, 0.6) is 0 Å². The van der Waals surface area contributed by atoms with Crippen LogP contribution >= 0.6 is 24.2 Å². The van der Waals surface area contributed by atoms with Crippen molar-refractivity contribution >= 4 is 28.5 Å². The Labute approximate surface area is 143 Å². The van der Waals surface area contributed by atoms with Crippen LogP contribution in [-0.2, 0) is 5.41 Å². The number of hydrogen-bond acceptors (Lipinski definition) is 4. The van der Waals surface area contributed by atoms with Gasteiger partial charge in [0.1, 0.15) is 0 Å². The van der Waals surface area contributed by atoms with Gasteiger partial charge in [0, 0.05) is 26.2 Å². The van der Waals surface area contributed by atoms with E-state index in [2.05, 4.69) is 41.3 Å². The molecule has 1 aliphatic rings. The Hall–Kier alpha value is -1.09. The summed E-state index contributed by atoms with van der Waals surface area (Å²) in [5.41, 5.74) is 0.809. The van der Waals surface area contributed by atoms with Crippen LogP contribution in [0.4, 0.5) is 0 Å². The molecule has 1 heterocycles. The average molecular weight is 334 g/mol. The summed E-state index contributed by atoms with van der Waals surface area (Å²) < 4.78 is 3.24. The molecule has 1 fully saturated rings. The highest BCUT2D eigenvalue weighted by atomic mass is 32.2. The summed E-state index contributed by atoms with van der Waals surface area (Å²) in [6, 6.07) is 12.8. The highest BCUT2D eigenvalue weighted by Crippen LogP contribution is 2.37. The summed E-state index contributed by atoms with van der Waals surface area (Å²) in [5.74, 6) is 0. The van der Waals surface area contributed by atoms with Gasteiger partial charge in [0.15, 0.2) is 4.32 Å². The molecule has 0 radical (unpaired) electrons. The van der Waals surface area contributed by atoms with Crippen molar-refractivity contribution in [1.82, 2.24) is 9.21 Å². The van der Waals surface area contributed by atoms with Gasteiger partial charge in [-0.2, -0.15) is 5.26 Å². The number of rotatable bonds is 4. The third-order valence-electron chi connectivity index (χ3n) is 4.35. The maximum absolute atomic E-state index is 9.72. The van der Waals surface area contributed by atoms with E-state index in [9.17, 15) is 5.26 Å². The van der Waals surface area contributed by atoms with E-state index in [1.165, 1.54) is 0 Å². The first kappa shape index (κ1) is 17.3. The molecule has 22 heavy (non-hydrogen) atoms. The highest BCUT2D eigenvalue weighted by molar-refractivity contribution is 8.21. The van der Waals surface area contributed by atoms with E-state index in [1.807, 2.05) is 18.2 Å². The Balaban J connectivity index is 1.98. The molecule has 0 aromatic heterocycles. The molecule has 0 N–H and O–H groups in total. The fourth-order valence-electron chi connectivity index (χ4n) is 2.83. The first-order valence-electron chi connectivity index (χ1n) is 7.83. The number of nitrogens with zero attached hydrogens (tertiary/aromatic N) is 3. The molecule has 0 atom stereocenters. The smallest absolute Gasteiger partial charge is 0.151 e. The monoisotopic (exact) mass is 333 g/mol. The van der Waals surface area contributed by atoms with Gasteiger partial charge < -0.3 is 4.90 Å². The predicted octanol–water partition coefficient (Wildman–Crippen LogP) is 3.82. The van der Waals surface area contributed by atoms with Crippen molar-refractivity contribution in [1.29, 1.82) is 5.26 Å². The number of thiocarbonyl (C=S) groups is 1. The largest absolute Gasteiger partial charge is 0.357 e. The molecule has 5 heteroatoms. The van der Waals surface area contributed by atoms with Crippen molar-refractivity contribution in [2.75, 3.05) is 26.2 Å². The van der Waals surface area contributed by atoms with Crippen molar-refractivity contribution in [2.45, 2.75) is 32.1 Å². The SMILES string of the molecule is CCN(CC)C(=S)SN1CCC(C#N)(c2ccccc2)CC1. The summed E-state index contributed by atoms with van der Waals surface area (Å²) in [4.78, 5) is 2.20. The van der Waals surface area contributed by atoms with Gasteiger partial charge in [0.05, 0.1) is 11.5 Å². The topological polar surface area (TPSA) is 30.3 Å². The van der Waals surface area contributed by atoms with Crippen molar-refractivity contribution in [3.8, 4) is 6.07 Å². The Bertz CT molecular complexity index is 527. The lowest BCUT2D eigenvalue weighted by Gasteiger charge is -2.37. The molecule has 1 aliphatic heterocycles. The molecular weight excluding hydrogens is 310 g/mol. The Morgan fingerprint density at radius 2 is 1.86 bits per heavy atom. The van der Waals surface area contributed by atoms with Gasteiger partial charge in [0.25, 0.3) is 0 Å². The average Bonchev–Trinajstić information content (AvgIpc) is 2.58. The van der Waals surface area contributed by atoms with E-state index >= 15 is 0 Å². The molecule has 0 amide bonds. The molecule has 0 bridgehead atoms. The fourth-order valence-corrected chi connectivity index (χ4v) is 4.37. The molecule has 0 unspecified atom stereocenters. The first-order chi connectivity index (χ1) is 10.6. The molecule has 3 nitrogen and oxygen atoms in total. The minimum atomic E-state index is -0.338. The summed E-state index contributed by atoms with van der Waals surface area (Å²) in [5, 5.41) is 9.72. The van der Waals surface area contributed by atoms with E-state index in [4.69, 9.17) is 12.2 Å². The second-order valence-corrected chi connectivity index (χ2v) is 7.25. The normalized spacial score (nSPS) is 17.7. The van der Waals surface area contributed by atoms with Crippen LogP contribution in [0, 0.1) is 11.3 Å². The van der Waals surface area contributed by atoms with E-state index in [0.29, 0.717) is 0 Å². The number of nitriles is 1. The molecule has 1 aromatic carbocycles. The zero-order valence-corrected chi connectivity index (χ0v) is 14.9. The van der Waals surface area contributed by atoms with Gasteiger partial charge in [-0.1, -0.05) is 42.5 Å². The maximum atomic E-state index is 9.72. The zero-order chi connectivity index (χ0) is 16.0. The second kappa shape index (κ2) is 7.96.